The molecule has 22 heavy (non-hydrogen) atoms. The molecule has 0 spiro atoms. The molecule has 0 saturated carbocycles. The molecular weight excluding hydrogens is 272 g/mol. The van der Waals surface area contributed by atoms with Crippen molar-refractivity contribution in [3.05, 3.63) is 35.9 Å². The molecular formula is C19H28N2O. The lowest BCUT2D eigenvalue weighted by molar-refractivity contribution is -0.116. The van der Waals surface area contributed by atoms with Crippen LogP contribution in [0.3, 0.4) is 0 Å². The lowest BCUT2D eigenvalue weighted by atomic mass is 9.97. The number of benzene rings is 1. The molecule has 0 unspecified atom stereocenters. The van der Waals surface area contributed by atoms with Gasteiger partial charge in [-0.2, -0.15) is 0 Å². The van der Waals surface area contributed by atoms with Crippen molar-refractivity contribution < 1.29 is 4.79 Å². The van der Waals surface area contributed by atoms with Crippen molar-refractivity contribution in [1.82, 2.24) is 0 Å². The molecule has 0 radical (unpaired) electrons. The number of carbonyl (C=O) groups is 1. The smallest absolute Gasteiger partial charge is 0.224 e. The lowest BCUT2D eigenvalue weighted by Crippen LogP contribution is -2.11. The Kier molecular flexibility index (Phi) is 7.01. The number of hydrogen-bond donors (Lipinski definition) is 2. The van der Waals surface area contributed by atoms with Gasteiger partial charge in [0.25, 0.3) is 0 Å². The summed E-state index contributed by atoms with van der Waals surface area (Å²) in [5.41, 5.74) is 3.59. The number of anilines is 2. The molecule has 0 aromatic heterocycles. The van der Waals surface area contributed by atoms with Crippen molar-refractivity contribution in [1.29, 1.82) is 0 Å². The van der Waals surface area contributed by atoms with Gasteiger partial charge >= 0.3 is 0 Å². The minimum Gasteiger partial charge on any atom is -0.385 e. The second-order valence-corrected chi connectivity index (χ2v) is 6.01. The van der Waals surface area contributed by atoms with Crippen LogP contribution in [0.5, 0.6) is 0 Å². The molecule has 1 aromatic rings. The Hall–Kier alpha value is -1.77. The third kappa shape index (κ3) is 5.92. The van der Waals surface area contributed by atoms with Crippen molar-refractivity contribution in [3.8, 4) is 0 Å². The zero-order valence-corrected chi connectivity index (χ0v) is 13.7. The molecule has 3 nitrogen and oxygen atoms in total. The maximum absolute atomic E-state index is 11.7. The molecule has 1 aliphatic carbocycles. The third-order valence-corrected chi connectivity index (χ3v) is 4.09. The first-order chi connectivity index (χ1) is 10.8. The lowest BCUT2D eigenvalue weighted by Gasteiger charge is -2.13. The van der Waals surface area contributed by atoms with Crippen LogP contribution in [-0.2, 0) is 4.79 Å². The van der Waals surface area contributed by atoms with E-state index in [1.165, 1.54) is 25.7 Å². The second kappa shape index (κ2) is 9.29. The monoisotopic (exact) mass is 300 g/mol. The minimum absolute atomic E-state index is 0.104. The molecule has 1 aliphatic rings. The molecule has 0 atom stereocenters. The number of allylic oxidation sites excluding steroid dienone is 1. The summed E-state index contributed by atoms with van der Waals surface area (Å²) in [4.78, 5) is 11.7. The Morgan fingerprint density at radius 2 is 1.91 bits per heavy atom. The van der Waals surface area contributed by atoms with Gasteiger partial charge < -0.3 is 10.6 Å². The van der Waals surface area contributed by atoms with Gasteiger partial charge in [0.2, 0.25) is 5.91 Å². The van der Waals surface area contributed by atoms with E-state index in [-0.39, 0.29) is 5.91 Å². The molecule has 0 heterocycles. The largest absolute Gasteiger partial charge is 0.385 e. The van der Waals surface area contributed by atoms with Crippen LogP contribution in [-0.4, -0.2) is 12.5 Å². The predicted octanol–water partition coefficient (Wildman–Crippen LogP) is 5.12. The zero-order chi connectivity index (χ0) is 15.6. The number of hydrogen-bond acceptors (Lipinski definition) is 2. The molecule has 1 amide bonds. The average Bonchev–Trinajstić information content (AvgIpc) is 2.55. The number of nitrogens with one attached hydrogen (secondary N) is 2. The van der Waals surface area contributed by atoms with Crippen LogP contribution < -0.4 is 10.6 Å². The van der Waals surface area contributed by atoms with Gasteiger partial charge in [-0.25, -0.2) is 0 Å². The van der Waals surface area contributed by atoms with E-state index in [1.54, 1.807) is 5.57 Å². The summed E-state index contributed by atoms with van der Waals surface area (Å²) < 4.78 is 0. The number of unbranched alkanes of at least 4 members (excludes halogenated alkanes) is 1. The fraction of sp³-hybridized carbons (Fsp3) is 0.526. The summed E-state index contributed by atoms with van der Waals surface area (Å²) in [6.45, 7) is 3.07. The number of amides is 1. The van der Waals surface area contributed by atoms with Gasteiger partial charge in [-0.3, -0.25) is 4.79 Å². The molecule has 0 fully saturated rings. The molecule has 0 aliphatic heterocycles. The van der Waals surface area contributed by atoms with Gasteiger partial charge in [-0.05, 0) is 62.8 Å². The summed E-state index contributed by atoms with van der Waals surface area (Å²) in [6, 6.07) is 7.99. The number of carbonyl (C=O) groups excluding carboxylic acids is 1. The van der Waals surface area contributed by atoms with Crippen molar-refractivity contribution >= 4 is 17.3 Å². The topological polar surface area (TPSA) is 41.1 Å². The highest BCUT2D eigenvalue weighted by Gasteiger charge is 2.04. The third-order valence-electron chi connectivity index (χ3n) is 4.09. The van der Waals surface area contributed by atoms with E-state index in [9.17, 15) is 4.79 Å². The molecule has 0 bridgehead atoms. The van der Waals surface area contributed by atoms with E-state index >= 15 is 0 Å². The van der Waals surface area contributed by atoms with Crippen molar-refractivity contribution in [3.63, 3.8) is 0 Å². The normalized spacial score (nSPS) is 14.3. The molecule has 2 rings (SSSR count). The predicted molar refractivity (Wildman–Crippen MR) is 94.3 cm³/mol. The molecule has 0 saturated heterocycles. The van der Waals surface area contributed by atoms with Crippen molar-refractivity contribution in [2.45, 2.75) is 58.3 Å². The van der Waals surface area contributed by atoms with Gasteiger partial charge in [0.15, 0.2) is 0 Å². The highest BCUT2D eigenvalue weighted by molar-refractivity contribution is 5.90. The van der Waals surface area contributed by atoms with Crippen LogP contribution in [0.4, 0.5) is 11.4 Å². The van der Waals surface area contributed by atoms with Crippen LogP contribution in [0.2, 0.25) is 0 Å². The summed E-state index contributed by atoms with van der Waals surface area (Å²) >= 11 is 0. The fourth-order valence-corrected chi connectivity index (χ4v) is 2.73. The Balaban J connectivity index is 1.72. The van der Waals surface area contributed by atoms with Gasteiger partial charge in [0.05, 0.1) is 0 Å². The standard InChI is InChI=1S/C19H28N2O/c1-2-3-9-19(22)21-18-12-10-17(11-13-18)20-15-14-16-7-5-4-6-8-16/h7,10-13,20H,2-6,8-9,14-15H2,1H3,(H,21,22). The van der Waals surface area contributed by atoms with Gasteiger partial charge in [-0.15, -0.1) is 0 Å². The molecule has 1 aromatic carbocycles. The average molecular weight is 300 g/mol. The summed E-state index contributed by atoms with van der Waals surface area (Å²) in [5.74, 6) is 0.104. The Morgan fingerprint density at radius 3 is 2.59 bits per heavy atom. The first kappa shape index (κ1) is 16.6. The first-order valence-corrected chi connectivity index (χ1v) is 8.59. The van der Waals surface area contributed by atoms with E-state index in [0.29, 0.717) is 6.42 Å². The number of rotatable bonds is 8. The summed E-state index contributed by atoms with van der Waals surface area (Å²) in [6.07, 6.45) is 11.3. The van der Waals surface area contributed by atoms with Crippen LogP contribution in [0.1, 0.15) is 58.3 Å². The van der Waals surface area contributed by atoms with E-state index in [4.69, 9.17) is 0 Å². The Morgan fingerprint density at radius 1 is 1.14 bits per heavy atom. The maximum Gasteiger partial charge on any atom is 0.224 e. The van der Waals surface area contributed by atoms with Crippen molar-refractivity contribution in [2.24, 2.45) is 0 Å². The fourth-order valence-electron chi connectivity index (χ4n) is 2.73. The van der Waals surface area contributed by atoms with Gasteiger partial charge in [0.1, 0.15) is 0 Å². The van der Waals surface area contributed by atoms with E-state index in [1.807, 2.05) is 24.3 Å². The SMILES string of the molecule is CCCCC(=O)Nc1ccc(NCCC2=CCCCC2)cc1. The zero-order valence-electron chi connectivity index (χ0n) is 13.7. The van der Waals surface area contributed by atoms with Gasteiger partial charge in [-0.1, -0.05) is 25.0 Å². The van der Waals surface area contributed by atoms with Crippen LogP contribution >= 0.6 is 0 Å². The van der Waals surface area contributed by atoms with Crippen LogP contribution in [0.15, 0.2) is 35.9 Å². The maximum atomic E-state index is 11.7. The molecule has 3 heteroatoms. The molecule has 2 N–H and O–H groups in total. The first-order valence-electron chi connectivity index (χ1n) is 8.59. The Labute approximate surface area is 134 Å². The van der Waals surface area contributed by atoms with Crippen LogP contribution in [0, 0.1) is 0 Å². The highest BCUT2D eigenvalue weighted by Crippen LogP contribution is 2.20. The Bertz CT molecular complexity index is 491. The van der Waals surface area contributed by atoms with E-state index < -0.39 is 0 Å². The van der Waals surface area contributed by atoms with E-state index in [2.05, 4.69) is 23.6 Å². The quantitative estimate of drug-likeness (QED) is 0.654. The second-order valence-electron chi connectivity index (χ2n) is 6.01. The van der Waals surface area contributed by atoms with E-state index in [0.717, 1.165) is 37.2 Å². The summed E-state index contributed by atoms with van der Waals surface area (Å²) in [5, 5.41) is 6.39. The van der Waals surface area contributed by atoms with Gasteiger partial charge in [0, 0.05) is 24.3 Å². The summed E-state index contributed by atoms with van der Waals surface area (Å²) in [7, 11) is 0. The molecule has 120 valence electrons. The van der Waals surface area contributed by atoms with Crippen molar-refractivity contribution in [2.75, 3.05) is 17.2 Å². The minimum atomic E-state index is 0.104. The van der Waals surface area contributed by atoms with Crippen LogP contribution in [0.25, 0.3) is 0 Å². The highest BCUT2D eigenvalue weighted by atomic mass is 16.1.